The summed E-state index contributed by atoms with van der Waals surface area (Å²) >= 11 is 9.53. The molecule has 0 spiro atoms. The van der Waals surface area contributed by atoms with E-state index in [-0.39, 0.29) is 0 Å². The molecule has 4 aromatic carbocycles. The molecule has 0 atom stereocenters. The quantitative estimate of drug-likeness (QED) is 0.230. The Bertz CT molecular complexity index is 1190. The van der Waals surface area contributed by atoms with E-state index in [2.05, 4.69) is 117 Å². The van der Waals surface area contributed by atoms with Gasteiger partial charge in [-0.1, -0.05) is 84.9 Å². The summed E-state index contributed by atoms with van der Waals surface area (Å²) < 4.78 is 2.23. The molecule has 0 amide bonds. The van der Waals surface area contributed by atoms with Crippen molar-refractivity contribution < 1.29 is 0 Å². The van der Waals surface area contributed by atoms with Gasteiger partial charge in [0.15, 0.2) is 0 Å². The molecule has 5 rings (SSSR count). The zero-order valence-corrected chi connectivity index (χ0v) is 18.2. The highest BCUT2D eigenvalue weighted by atomic mass is 79.9. The Labute approximate surface area is 178 Å². The maximum atomic E-state index is 3.85. The van der Waals surface area contributed by atoms with Crippen LogP contribution in [-0.2, 0) is 0 Å². The summed E-state index contributed by atoms with van der Waals surface area (Å²) in [5.41, 5.74) is 2.52. The fraction of sp³-hybridized carbons (Fsp3) is 0. The first-order valence-corrected chi connectivity index (χ1v) is 11.1. The van der Waals surface area contributed by atoms with Crippen molar-refractivity contribution in [1.82, 2.24) is 0 Å². The molecular formula is C24H14Br2S. The molecule has 0 N–H and O–H groups in total. The van der Waals surface area contributed by atoms with Gasteiger partial charge in [-0.3, -0.25) is 0 Å². The van der Waals surface area contributed by atoms with Crippen molar-refractivity contribution in [2.24, 2.45) is 0 Å². The van der Waals surface area contributed by atoms with Crippen molar-refractivity contribution in [3.8, 4) is 20.9 Å². The lowest BCUT2D eigenvalue weighted by Gasteiger charge is -2.06. The Morgan fingerprint density at radius 3 is 1.37 bits per heavy atom. The Kier molecular flexibility index (Phi) is 4.39. The number of rotatable bonds is 2. The fourth-order valence-corrected chi connectivity index (χ4v) is 6.32. The van der Waals surface area contributed by atoms with Crippen LogP contribution < -0.4 is 0 Å². The zero-order valence-electron chi connectivity index (χ0n) is 14.2. The summed E-state index contributed by atoms with van der Waals surface area (Å²) in [6.45, 7) is 0. The van der Waals surface area contributed by atoms with Crippen LogP contribution >= 0.6 is 43.2 Å². The summed E-state index contributed by atoms with van der Waals surface area (Å²) in [7, 11) is 0. The zero-order chi connectivity index (χ0) is 18.4. The average molecular weight is 494 g/mol. The van der Waals surface area contributed by atoms with Gasteiger partial charge in [0.25, 0.3) is 0 Å². The number of thiophene rings is 1. The van der Waals surface area contributed by atoms with Crippen LogP contribution in [0.5, 0.6) is 0 Å². The third-order valence-electron chi connectivity index (χ3n) is 4.86. The van der Waals surface area contributed by atoms with E-state index in [1.807, 2.05) is 11.3 Å². The van der Waals surface area contributed by atoms with Crippen LogP contribution in [0.2, 0.25) is 0 Å². The minimum Gasteiger partial charge on any atom is -0.133 e. The Morgan fingerprint density at radius 2 is 0.889 bits per heavy atom. The molecule has 0 aliphatic rings. The first-order chi connectivity index (χ1) is 13.2. The molecule has 3 heteroatoms. The summed E-state index contributed by atoms with van der Waals surface area (Å²) in [5.74, 6) is 0. The lowest BCUT2D eigenvalue weighted by atomic mass is 10.0. The van der Waals surface area contributed by atoms with Gasteiger partial charge in [-0.15, -0.1) is 11.3 Å². The Morgan fingerprint density at radius 1 is 0.481 bits per heavy atom. The van der Waals surface area contributed by atoms with Crippen molar-refractivity contribution >= 4 is 64.7 Å². The third kappa shape index (κ3) is 2.85. The molecule has 0 bridgehead atoms. The van der Waals surface area contributed by atoms with Crippen LogP contribution in [0.1, 0.15) is 0 Å². The van der Waals surface area contributed by atoms with E-state index >= 15 is 0 Å². The van der Waals surface area contributed by atoms with E-state index in [9.17, 15) is 0 Å². The summed E-state index contributed by atoms with van der Waals surface area (Å²) in [5, 5.41) is 5.08. The number of benzene rings is 4. The van der Waals surface area contributed by atoms with Gasteiger partial charge in [-0.05, 0) is 53.4 Å². The standard InChI is InChI=1S/C24H14Br2S/c25-21-22(26)24(20-14-6-10-16-8-2-4-12-18(16)20)27-23(21)19-13-5-9-15-7-1-3-11-17(15)19/h1-14H. The smallest absolute Gasteiger partial charge is 0.0510 e. The van der Waals surface area contributed by atoms with E-state index in [1.165, 1.54) is 42.4 Å². The van der Waals surface area contributed by atoms with E-state index in [4.69, 9.17) is 0 Å². The molecule has 0 saturated heterocycles. The Balaban J connectivity index is 1.78. The van der Waals surface area contributed by atoms with Crippen molar-refractivity contribution in [1.29, 1.82) is 0 Å². The first-order valence-electron chi connectivity index (χ1n) is 8.68. The lowest BCUT2D eigenvalue weighted by molar-refractivity contribution is 1.68. The summed E-state index contributed by atoms with van der Waals surface area (Å²) in [6.07, 6.45) is 0. The van der Waals surface area contributed by atoms with Crippen LogP contribution in [0.4, 0.5) is 0 Å². The topological polar surface area (TPSA) is 0 Å². The van der Waals surface area contributed by atoms with Gasteiger partial charge in [0.05, 0.1) is 18.7 Å². The molecule has 130 valence electrons. The molecule has 0 aliphatic heterocycles. The van der Waals surface area contributed by atoms with Crippen molar-refractivity contribution in [3.63, 3.8) is 0 Å². The van der Waals surface area contributed by atoms with E-state index in [0.29, 0.717) is 0 Å². The highest BCUT2D eigenvalue weighted by Crippen LogP contribution is 2.50. The van der Waals surface area contributed by atoms with E-state index in [0.717, 1.165) is 8.95 Å². The largest absolute Gasteiger partial charge is 0.133 e. The maximum absolute atomic E-state index is 3.85. The second-order valence-electron chi connectivity index (χ2n) is 6.44. The second-order valence-corrected chi connectivity index (χ2v) is 9.05. The van der Waals surface area contributed by atoms with Gasteiger partial charge >= 0.3 is 0 Å². The first kappa shape index (κ1) is 17.2. The molecule has 0 saturated carbocycles. The molecule has 0 radical (unpaired) electrons. The predicted octanol–water partition coefficient (Wildman–Crippen LogP) is 8.91. The number of hydrogen-bond acceptors (Lipinski definition) is 1. The van der Waals surface area contributed by atoms with Gasteiger partial charge < -0.3 is 0 Å². The van der Waals surface area contributed by atoms with Crippen LogP contribution in [-0.4, -0.2) is 0 Å². The maximum Gasteiger partial charge on any atom is 0.0510 e. The van der Waals surface area contributed by atoms with Crippen molar-refractivity contribution in [2.45, 2.75) is 0 Å². The molecular weight excluding hydrogens is 480 g/mol. The summed E-state index contributed by atoms with van der Waals surface area (Å²) in [6, 6.07) is 30.1. The van der Waals surface area contributed by atoms with E-state index in [1.54, 1.807) is 0 Å². The molecule has 1 heterocycles. The number of halogens is 2. The molecule has 0 unspecified atom stereocenters. The van der Waals surface area contributed by atoms with Crippen LogP contribution in [0.25, 0.3) is 42.4 Å². The van der Waals surface area contributed by atoms with Crippen LogP contribution in [0, 0.1) is 0 Å². The predicted molar refractivity (Wildman–Crippen MR) is 126 cm³/mol. The highest BCUT2D eigenvalue weighted by molar-refractivity contribution is 9.13. The van der Waals surface area contributed by atoms with Gasteiger partial charge in [0.1, 0.15) is 0 Å². The van der Waals surface area contributed by atoms with Gasteiger partial charge in [0, 0.05) is 11.1 Å². The Hall–Kier alpha value is -1.94. The molecule has 5 aromatic rings. The van der Waals surface area contributed by atoms with Crippen LogP contribution in [0.15, 0.2) is 93.9 Å². The van der Waals surface area contributed by atoms with Gasteiger partial charge in [0.2, 0.25) is 0 Å². The lowest BCUT2D eigenvalue weighted by Crippen LogP contribution is -1.78. The molecule has 1 aromatic heterocycles. The normalized spacial score (nSPS) is 11.3. The fourth-order valence-electron chi connectivity index (χ4n) is 3.58. The van der Waals surface area contributed by atoms with Crippen molar-refractivity contribution in [2.75, 3.05) is 0 Å². The summed E-state index contributed by atoms with van der Waals surface area (Å²) in [4.78, 5) is 2.50. The minimum absolute atomic E-state index is 1.12. The highest BCUT2D eigenvalue weighted by Gasteiger charge is 2.19. The second kappa shape index (κ2) is 6.90. The SMILES string of the molecule is Brc1c(-c2cccc3ccccc23)sc(-c2cccc3ccccc23)c1Br. The van der Waals surface area contributed by atoms with Gasteiger partial charge in [-0.2, -0.15) is 0 Å². The molecule has 0 aliphatic carbocycles. The van der Waals surface area contributed by atoms with Crippen LogP contribution in [0.3, 0.4) is 0 Å². The van der Waals surface area contributed by atoms with E-state index < -0.39 is 0 Å². The number of fused-ring (bicyclic) bond motifs is 2. The third-order valence-corrected chi connectivity index (χ3v) is 8.76. The minimum atomic E-state index is 1.12. The molecule has 27 heavy (non-hydrogen) atoms. The molecule has 0 fully saturated rings. The molecule has 0 nitrogen and oxygen atoms in total. The van der Waals surface area contributed by atoms with Gasteiger partial charge in [-0.25, -0.2) is 0 Å². The monoisotopic (exact) mass is 492 g/mol. The number of hydrogen-bond donors (Lipinski definition) is 0. The van der Waals surface area contributed by atoms with Crippen molar-refractivity contribution in [3.05, 3.63) is 93.9 Å². The average Bonchev–Trinajstić information content (AvgIpc) is 3.02.